The van der Waals surface area contributed by atoms with E-state index in [1.165, 1.54) is 41.5 Å². The van der Waals surface area contributed by atoms with Crippen LogP contribution in [0, 0.1) is 6.92 Å². The lowest BCUT2D eigenvalue weighted by Crippen LogP contribution is -2.30. The van der Waals surface area contributed by atoms with Crippen molar-refractivity contribution in [2.75, 3.05) is 0 Å². The maximum Gasteiger partial charge on any atom is 0.0712 e. The molecular weight excluding hydrogens is 244 g/mol. The molecule has 1 aliphatic rings. The number of aryl methyl sites for hydroxylation is 1. The van der Waals surface area contributed by atoms with Gasteiger partial charge >= 0.3 is 0 Å². The summed E-state index contributed by atoms with van der Waals surface area (Å²) in [6.07, 6.45) is 3.97. The van der Waals surface area contributed by atoms with E-state index in [1.54, 1.807) is 0 Å². The zero-order chi connectivity index (χ0) is 13.9. The molecule has 0 bridgehead atoms. The summed E-state index contributed by atoms with van der Waals surface area (Å²) in [5, 5.41) is 0. The van der Waals surface area contributed by atoms with Crippen molar-refractivity contribution in [3.63, 3.8) is 0 Å². The first-order valence-electron chi connectivity index (χ1n) is 7.41. The molecule has 3 rings (SSSR count). The highest BCUT2D eigenvalue weighted by molar-refractivity contribution is 5.40. The van der Waals surface area contributed by atoms with E-state index >= 15 is 0 Å². The molecule has 1 unspecified atom stereocenters. The Balaban J connectivity index is 1.98. The molecule has 0 aliphatic heterocycles. The lowest BCUT2D eigenvalue weighted by Gasteiger charge is -2.30. The molecular formula is C18H22N2. The Morgan fingerprint density at radius 2 is 1.75 bits per heavy atom. The largest absolute Gasteiger partial charge is 0.271 e. The standard InChI is InChI=1S/C18H22N2/c1-13-9-11-15(12-10-13)18(20-19)17-8-3-2-7-16(17)14-5-4-6-14/h2-3,7-12,14,18,20H,4-6,19H2,1H3. The van der Waals surface area contributed by atoms with Crippen molar-refractivity contribution in [2.45, 2.75) is 38.1 Å². The van der Waals surface area contributed by atoms with Crippen molar-refractivity contribution in [1.82, 2.24) is 5.43 Å². The smallest absolute Gasteiger partial charge is 0.0712 e. The van der Waals surface area contributed by atoms with Crippen LogP contribution in [0.5, 0.6) is 0 Å². The van der Waals surface area contributed by atoms with Crippen LogP contribution in [-0.2, 0) is 0 Å². The number of hydrogen-bond acceptors (Lipinski definition) is 2. The van der Waals surface area contributed by atoms with Crippen LogP contribution in [0.4, 0.5) is 0 Å². The number of nitrogens with two attached hydrogens (primary N) is 1. The molecule has 1 aliphatic carbocycles. The highest BCUT2D eigenvalue weighted by Crippen LogP contribution is 2.40. The first kappa shape index (κ1) is 13.3. The van der Waals surface area contributed by atoms with Crippen LogP contribution in [0.2, 0.25) is 0 Å². The summed E-state index contributed by atoms with van der Waals surface area (Å²) < 4.78 is 0. The minimum absolute atomic E-state index is 0.0763. The molecule has 0 radical (unpaired) electrons. The molecule has 0 spiro atoms. The van der Waals surface area contributed by atoms with E-state index in [2.05, 4.69) is 60.9 Å². The van der Waals surface area contributed by atoms with E-state index < -0.39 is 0 Å². The third-order valence-electron chi connectivity index (χ3n) is 4.43. The molecule has 3 N–H and O–H groups in total. The monoisotopic (exact) mass is 266 g/mol. The van der Waals surface area contributed by atoms with E-state index in [-0.39, 0.29) is 6.04 Å². The van der Waals surface area contributed by atoms with Crippen LogP contribution in [0.25, 0.3) is 0 Å². The van der Waals surface area contributed by atoms with Crippen molar-refractivity contribution in [3.8, 4) is 0 Å². The number of nitrogens with one attached hydrogen (secondary N) is 1. The Hall–Kier alpha value is -1.64. The van der Waals surface area contributed by atoms with Crippen LogP contribution in [0.1, 0.15) is 53.5 Å². The summed E-state index contributed by atoms with van der Waals surface area (Å²) in [6.45, 7) is 2.11. The zero-order valence-electron chi connectivity index (χ0n) is 12.0. The van der Waals surface area contributed by atoms with Gasteiger partial charge in [0, 0.05) is 0 Å². The van der Waals surface area contributed by atoms with E-state index in [1.807, 2.05) is 0 Å². The highest BCUT2D eigenvalue weighted by Gasteiger charge is 2.25. The topological polar surface area (TPSA) is 38.0 Å². The minimum atomic E-state index is 0.0763. The number of rotatable bonds is 4. The summed E-state index contributed by atoms with van der Waals surface area (Å²) in [7, 11) is 0. The Labute approximate surface area is 121 Å². The second kappa shape index (κ2) is 5.78. The maximum absolute atomic E-state index is 5.85. The molecule has 1 atom stereocenters. The van der Waals surface area contributed by atoms with E-state index in [9.17, 15) is 0 Å². The van der Waals surface area contributed by atoms with Crippen LogP contribution < -0.4 is 11.3 Å². The molecule has 2 aromatic carbocycles. The van der Waals surface area contributed by atoms with Gasteiger partial charge in [0.1, 0.15) is 0 Å². The molecule has 20 heavy (non-hydrogen) atoms. The molecule has 0 aromatic heterocycles. The summed E-state index contributed by atoms with van der Waals surface area (Å²) in [6, 6.07) is 17.4. The van der Waals surface area contributed by atoms with Gasteiger partial charge in [0.15, 0.2) is 0 Å². The summed E-state index contributed by atoms with van der Waals surface area (Å²) in [5.74, 6) is 6.57. The van der Waals surface area contributed by atoms with E-state index in [0.717, 1.165) is 0 Å². The third kappa shape index (κ3) is 2.49. The van der Waals surface area contributed by atoms with Crippen molar-refractivity contribution >= 4 is 0 Å². The Morgan fingerprint density at radius 3 is 2.35 bits per heavy atom. The molecule has 0 amide bonds. The summed E-state index contributed by atoms with van der Waals surface area (Å²) >= 11 is 0. The van der Waals surface area contributed by atoms with Gasteiger partial charge in [-0.2, -0.15) is 0 Å². The van der Waals surface area contributed by atoms with Crippen LogP contribution in [0.15, 0.2) is 48.5 Å². The van der Waals surface area contributed by atoms with Gasteiger partial charge in [-0.05, 0) is 42.4 Å². The average Bonchev–Trinajstić information content (AvgIpc) is 2.41. The van der Waals surface area contributed by atoms with Gasteiger partial charge in [-0.15, -0.1) is 0 Å². The molecule has 2 aromatic rings. The second-order valence-electron chi connectivity index (χ2n) is 5.77. The summed E-state index contributed by atoms with van der Waals surface area (Å²) in [5.41, 5.74) is 8.28. The number of benzene rings is 2. The fourth-order valence-electron chi connectivity index (χ4n) is 2.99. The predicted molar refractivity (Wildman–Crippen MR) is 83.4 cm³/mol. The van der Waals surface area contributed by atoms with Gasteiger partial charge in [0.25, 0.3) is 0 Å². The van der Waals surface area contributed by atoms with Gasteiger partial charge < -0.3 is 0 Å². The highest BCUT2D eigenvalue weighted by atomic mass is 15.2. The molecule has 1 saturated carbocycles. The fraction of sp³-hybridized carbons (Fsp3) is 0.333. The van der Waals surface area contributed by atoms with Crippen molar-refractivity contribution in [3.05, 3.63) is 70.8 Å². The number of hydrazine groups is 1. The fourth-order valence-corrected chi connectivity index (χ4v) is 2.99. The van der Waals surface area contributed by atoms with Gasteiger partial charge in [0.2, 0.25) is 0 Å². The minimum Gasteiger partial charge on any atom is -0.271 e. The Morgan fingerprint density at radius 1 is 1.05 bits per heavy atom. The quantitative estimate of drug-likeness (QED) is 0.652. The maximum atomic E-state index is 5.85. The first-order valence-corrected chi connectivity index (χ1v) is 7.41. The van der Waals surface area contributed by atoms with Gasteiger partial charge in [-0.1, -0.05) is 60.5 Å². The van der Waals surface area contributed by atoms with Gasteiger partial charge in [-0.3, -0.25) is 5.84 Å². The van der Waals surface area contributed by atoms with Gasteiger partial charge in [0.05, 0.1) is 6.04 Å². The van der Waals surface area contributed by atoms with Crippen LogP contribution in [0.3, 0.4) is 0 Å². The Bertz CT molecular complexity index is 570. The van der Waals surface area contributed by atoms with E-state index in [4.69, 9.17) is 5.84 Å². The zero-order valence-corrected chi connectivity index (χ0v) is 12.0. The van der Waals surface area contributed by atoms with Crippen LogP contribution in [-0.4, -0.2) is 0 Å². The van der Waals surface area contributed by atoms with Crippen molar-refractivity contribution < 1.29 is 0 Å². The van der Waals surface area contributed by atoms with Crippen LogP contribution >= 0.6 is 0 Å². The molecule has 2 heteroatoms. The molecule has 2 nitrogen and oxygen atoms in total. The van der Waals surface area contributed by atoms with E-state index in [0.29, 0.717) is 5.92 Å². The second-order valence-corrected chi connectivity index (χ2v) is 5.77. The first-order chi connectivity index (χ1) is 9.79. The predicted octanol–water partition coefficient (Wildman–Crippen LogP) is 3.82. The lowest BCUT2D eigenvalue weighted by atomic mass is 9.76. The number of hydrogen-bond donors (Lipinski definition) is 2. The average molecular weight is 266 g/mol. The molecule has 104 valence electrons. The normalized spacial score (nSPS) is 16.7. The van der Waals surface area contributed by atoms with Crippen molar-refractivity contribution in [2.24, 2.45) is 5.84 Å². The third-order valence-corrected chi connectivity index (χ3v) is 4.43. The molecule has 0 heterocycles. The summed E-state index contributed by atoms with van der Waals surface area (Å²) in [4.78, 5) is 0. The Kier molecular flexibility index (Phi) is 3.86. The molecule has 0 saturated heterocycles. The van der Waals surface area contributed by atoms with Crippen molar-refractivity contribution in [1.29, 1.82) is 0 Å². The lowest BCUT2D eigenvalue weighted by molar-refractivity contribution is 0.414. The molecule has 1 fully saturated rings. The van der Waals surface area contributed by atoms with Gasteiger partial charge in [-0.25, -0.2) is 5.43 Å². The SMILES string of the molecule is Cc1ccc(C(NN)c2ccccc2C2CCC2)cc1.